The largest absolute Gasteiger partial charge is 0.356 e. The Balaban J connectivity index is 1.75. The van der Waals surface area contributed by atoms with Gasteiger partial charge in [0.1, 0.15) is 5.82 Å². The van der Waals surface area contributed by atoms with Crippen LogP contribution in [0.4, 0.5) is 5.82 Å². The Labute approximate surface area is 97.1 Å². The van der Waals surface area contributed by atoms with Crippen LogP contribution in [0.5, 0.6) is 0 Å². The maximum absolute atomic E-state index is 4.61. The van der Waals surface area contributed by atoms with Gasteiger partial charge in [0.2, 0.25) is 0 Å². The molecule has 2 aliphatic rings. The number of rotatable bonds is 1. The Morgan fingerprint density at radius 3 is 2.44 bits per heavy atom. The smallest absolute Gasteiger partial charge is 0.128 e. The molecule has 3 heteroatoms. The minimum Gasteiger partial charge on any atom is -0.356 e. The highest BCUT2D eigenvalue weighted by atomic mass is 15.3. The van der Waals surface area contributed by atoms with Gasteiger partial charge < -0.3 is 9.80 Å². The van der Waals surface area contributed by atoms with E-state index in [-0.39, 0.29) is 0 Å². The van der Waals surface area contributed by atoms with Gasteiger partial charge in [0.25, 0.3) is 0 Å². The lowest BCUT2D eigenvalue weighted by Crippen LogP contribution is -2.27. The van der Waals surface area contributed by atoms with Gasteiger partial charge in [0.05, 0.1) is 0 Å². The molecule has 3 heterocycles. The molecule has 0 bridgehead atoms. The number of anilines is 1. The van der Waals surface area contributed by atoms with Crippen LogP contribution in [0.3, 0.4) is 0 Å². The summed E-state index contributed by atoms with van der Waals surface area (Å²) in [5.74, 6) is 2.87. The molecule has 0 aromatic carbocycles. The van der Waals surface area contributed by atoms with Crippen LogP contribution in [-0.4, -0.2) is 43.1 Å². The second-order valence-electron chi connectivity index (χ2n) is 5.28. The Morgan fingerprint density at radius 1 is 1.12 bits per heavy atom. The highest BCUT2D eigenvalue weighted by Gasteiger charge is 2.38. The zero-order valence-corrected chi connectivity index (χ0v) is 10.1. The summed E-state index contributed by atoms with van der Waals surface area (Å²) in [6.07, 6.45) is 0. The lowest BCUT2D eigenvalue weighted by atomic mass is 10.0. The van der Waals surface area contributed by atoms with E-state index in [0.717, 1.165) is 23.3 Å². The molecule has 2 saturated heterocycles. The third-order valence-corrected chi connectivity index (χ3v) is 3.87. The highest BCUT2D eigenvalue weighted by Crippen LogP contribution is 2.32. The van der Waals surface area contributed by atoms with Gasteiger partial charge in [-0.05, 0) is 37.9 Å². The Kier molecular flexibility index (Phi) is 2.36. The third-order valence-electron chi connectivity index (χ3n) is 3.87. The van der Waals surface area contributed by atoms with Crippen LogP contribution in [0.1, 0.15) is 5.69 Å². The lowest BCUT2D eigenvalue weighted by Gasteiger charge is -2.20. The van der Waals surface area contributed by atoms with Gasteiger partial charge in [-0.2, -0.15) is 0 Å². The number of fused-ring (bicyclic) bond motifs is 1. The molecule has 2 aliphatic heterocycles. The van der Waals surface area contributed by atoms with Crippen molar-refractivity contribution in [1.29, 1.82) is 0 Å². The van der Waals surface area contributed by atoms with E-state index in [1.165, 1.54) is 26.2 Å². The number of pyridine rings is 1. The fourth-order valence-electron chi connectivity index (χ4n) is 3.12. The van der Waals surface area contributed by atoms with E-state index >= 15 is 0 Å². The summed E-state index contributed by atoms with van der Waals surface area (Å²) in [7, 11) is 2.23. The third kappa shape index (κ3) is 1.69. The van der Waals surface area contributed by atoms with Crippen LogP contribution in [0.15, 0.2) is 18.2 Å². The highest BCUT2D eigenvalue weighted by molar-refractivity contribution is 5.41. The van der Waals surface area contributed by atoms with Crippen molar-refractivity contribution in [2.24, 2.45) is 11.8 Å². The van der Waals surface area contributed by atoms with E-state index in [1.54, 1.807) is 0 Å². The Hall–Kier alpha value is -1.09. The molecular weight excluding hydrogens is 198 g/mol. The van der Waals surface area contributed by atoms with E-state index < -0.39 is 0 Å². The van der Waals surface area contributed by atoms with Gasteiger partial charge in [0.15, 0.2) is 0 Å². The van der Waals surface area contributed by atoms with Crippen molar-refractivity contribution in [1.82, 2.24) is 9.88 Å². The molecule has 3 nitrogen and oxygen atoms in total. The first-order valence-corrected chi connectivity index (χ1v) is 6.09. The average Bonchev–Trinajstić information content (AvgIpc) is 2.74. The molecule has 1 aromatic rings. The molecule has 2 unspecified atom stereocenters. The van der Waals surface area contributed by atoms with Gasteiger partial charge in [-0.15, -0.1) is 0 Å². The first-order chi connectivity index (χ1) is 7.72. The molecule has 0 saturated carbocycles. The number of hydrogen-bond acceptors (Lipinski definition) is 3. The SMILES string of the molecule is Cc1cccc(N2CC3CN(C)CC3C2)n1. The van der Waals surface area contributed by atoms with Gasteiger partial charge in [0, 0.05) is 31.9 Å². The molecule has 2 fully saturated rings. The van der Waals surface area contributed by atoms with Gasteiger partial charge in [-0.3, -0.25) is 0 Å². The lowest BCUT2D eigenvalue weighted by molar-refractivity contribution is 0.387. The quantitative estimate of drug-likeness (QED) is 0.708. The predicted molar refractivity (Wildman–Crippen MR) is 65.7 cm³/mol. The molecule has 0 spiro atoms. The monoisotopic (exact) mass is 217 g/mol. The number of likely N-dealkylation sites (tertiary alicyclic amines) is 1. The summed E-state index contributed by atoms with van der Waals surface area (Å²) in [5.41, 5.74) is 1.12. The second-order valence-corrected chi connectivity index (χ2v) is 5.28. The summed E-state index contributed by atoms with van der Waals surface area (Å²) in [6, 6.07) is 6.31. The summed E-state index contributed by atoms with van der Waals surface area (Å²) < 4.78 is 0. The minimum absolute atomic E-state index is 0.854. The van der Waals surface area contributed by atoms with Gasteiger partial charge >= 0.3 is 0 Å². The maximum atomic E-state index is 4.61. The van der Waals surface area contributed by atoms with Crippen molar-refractivity contribution < 1.29 is 0 Å². The molecule has 86 valence electrons. The van der Waals surface area contributed by atoms with Crippen molar-refractivity contribution in [3.05, 3.63) is 23.9 Å². The van der Waals surface area contributed by atoms with E-state index in [4.69, 9.17) is 0 Å². The van der Waals surface area contributed by atoms with Crippen LogP contribution >= 0.6 is 0 Å². The summed E-state index contributed by atoms with van der Waals surface area (Å²) in [4.78, 5) is 9.52. The van der Waals surface area contributed by atoms with Crippen molar-refractivity contribution >= 4 is 5.82 Å². The molecule has 3 rings (SSSR count). The van der Waals surface area contributed by atoms with Crippen molar-refractivity contribution in [3.8, 4) is 0 Å². The van der Waals surface area contributed by atoms with Crippen molar-refractivity contribution in [3.63, 3.8) is 0 Å². The van der Waals surface area contributed by atoms with Crippen LogP contribution < -0.4 is 4.90 Å². The molecule has 0 amide bonds. The molecule has 0 radical (unpaired) electrons. The first kappa shape index (κ1) is 10.1. The molecule has 16 heavy (non-hydrogen) atoms. The van der Waals surface area contributed by atoms with Gasteiger partial charge in [-0.25, -0.2) is 4.98 Å². The maximum Gasteiger partial charge on any atom is 0.128 e. The van der Waals surface area contributed by atoms with Crippen LogP contribution in [0.25, 0.3) is 0 Å². The fourth-order valence-corrected chi connectivity index (χ4v) is 3.12. The predicted octanol–water partition coefficient (Wildman–Crippen LogP) is 1.39. The normalized spacial score (nSPS) is 29.8. The first-order valence-electron chi connectivity index (χ1n) is 6.09. The molecule has 0 aliphatic carbocycles. The standard InChI is InChI=1S/C13H19N3/c1-10-4-3-5-13(14-10)16-8-11-6-15(2)7-12(11)9-16/h3-5,11-12H,6-9H2,1-2H3. The number of aryl methyl sites for hydroxylation is 1. The average molecular weight is 217 g/mol. The molecule has 0 N–H and O–H groups in total. The summed E-state index contributed by atoms with van der Waals surface area (Å²) in [6.45, 7) is 6.95. The van der Waals surface area contributed by atoms with E-state index in [2.05, 4.69) is 47.0 Å². The van der Waals surface area contributed by atoms with Crippen molar-refractivity contribution in [2.75, 3.05) is 38.1 Å². The van der Waals surface area contributed by atoms with Crippen LogP contribution in [0.2, 0.25) is 0 Å². The number of nitrogens with zero attached hydrogens (tertiary/aromatic N) is 3. The van der Waals surface area contributed by atoms with E-state index in [9.17, 15) is 0 Å². The van der Waals surface area contributed by atoms with E-state index in [0.29, 0.717) is 0 Å². The number of aromatic nitrogens is 1. The fraction of sp³-hybridized carbons (Fsp3) is 0.615. The zero-order chi connectivity index (χ0) is 11.1. The molecule has 1 aromatic heterocycles. The minimum atomic E-state index is 0.854. The zero-order valence-electron chi connectivity index (χ0n) is 10.1. The summed E-state index contributed by atoms with van der Waals surface area (Å²) >= 11 is 0. The van der Waals surface area contributed by atoms with Gasteiger partial charge in [-0.1, -0.05) is 6.07 Å². The summed E-state index contributed by atoms with van der Waals surface area (Å²) in [5, 5.41) is 0. The molecule has 2 atom stereocenters. The van der Waals surface area contributed by atoms with Crippen LogP contribution in [-0.2, 0) is 0 Å². The second kappa shape index (κ2) is 3.74. The Bertz CT molecular complexity index is 377. The number of hydrogen-bond donors (Lipinski definition) is 0. The molecular formula is C13H19N3. The topological polar surface area (TPSA) is 19.4 Å². The Morgan fingerprint density at radius 2 is 1.81 bits per heavy atom. The van der Waals surface area contributed by atoms with E-state index in [1.807, 2.05) is 0 Å². The van der Waals surface area contributed by atoms with Crippen molar-refractivity contribution in [2.45, 2.75) is 6.92 Å². The van der Waals surface area contributed by atoms with Crippen LogP contribution in [0, 0.1) is 18.8 Å².